The first kappa shape index (κ1) is 22.9. The second-order valence-corrected chi connectivity index (χ2v) is 6.42. The third-order valence-corrected chi connectivity index (χ3v) is 4.44. The SMILES string of the molecule is COc1ccc(OC)c(C(C)NC(=O)COC(=O)Cc2ccc(OC)c(OC)c2)c1. The van der Waals surface area contributed by atoms with Gasteiger partial charge in [0.1, 0.15) is 11.5 Å². The Morgan fingerprint density at radius 3 is 2.17 bits per heavy atom. The van der Waals surface area contributed by atoms with Crippen LogP contribution in [0.15, 0.2) is 36.4 Å². The maximum Gasteiger partial charge on any atom is 0.310 e. The molecule has 0 saturated heterocycles. The molecule has 0 spiro atoms. The van der Waals surface area contributed by atoms with Gasteiger partial charge in [-0.05, 0) is 42.8 Å². The first-order valence-corrected chi connectivity index (χ1v) is 9.29. The molecule has 2 aromatic carbocycles. The summed E-state index contributed by atoms with van der Waals surface area (Å²) in [4.78, 5) is 24.3. The molecule has 0 aliphatic carbocycles. The normalized spacial score (nSPS) is 11.2. The largest absolute Gasteiger partial charge is 0.497 e. The second kappa shape index (κ2) is 10.9. The van der Waals surface area contributed by atoms with Gasteiger partial charge in [-0.3, -0.25) is 9.59 Å². The summed E-state index contributed by atoms with van der Waals surface area (Å²) >= 11 is 0. The molecule has 162 valence electrons. The summed E-state index contributed by atoms with van der Waals surface area (Å²) in [5.41, 5.74) is 1.44. The first-order valence-electron chi connectivity index (χ1n) is 9.29. The predicted molar refractivity (Wildman–Crippen MR) is 110 cm³/mol. The quantitative estimate of drug-likeness (QED) is 0.594. The van der Waals surface area contributed by atoms with Crippen LogP contribution in [0.5, 0.6) is 23.0 Å². The summed E-state index contributed by atoms with van der Waals surface area (Å²) < 4.78 is 26.0. The van der Waals surface area contributed by atoms with Crippen molar-refractivity contribution in [3.05, 3.63) is 47.5 Å². The summed E-state index contributed by atoms with van der Waals surface area (Å²) in [5.74, 6) is 1.40. The molecule has 1 unspecified atom stereocenters. The minimum Gasteiger partial charge on any atom is -0.497 e. The first-order chi connectivity index (χ1) is 14.4. The van der Waals surface area contributed by atoms with E-state index in [-0.39, 0.29) is 19.1 Å². The number of methoxy groups -OCH3 is 4. The number of rotatable bonds is 10. The van der Waals surface area contributed by atoms with Gasteiger partial charge in [0.25, 0.3) is 5.91 Å². The molecule has 1 amide bonds. The molecule has 8 heteroatoms. The molecule has 0 bridgehead atoms. The van der Waals surface area contributed by atoms with E-state index in [9.17, 15) is 9.59 Å². The van der Waals surface area contributed by atoms with E-state index in [0.29, 0.717) is 28.6 Å². The van der Waals surface area contributed by atoms with E-state index in [4.69, 9.17) is 23.7 Å². The van der Waals surface area contributed by atoms with Gasteiger partial charge in [-0.15, -0.1) is 0 Å². The minimum absolute atomic E-state index is 0.00684. The van der Waals surface area contributed by atoms with E-state index in [1.165, 1.54) is 14.2 Å². The van der Waals surface area contributed by atoms with Gasteiger partial charge in [0.05, 0.1) is 40.9 Å². The van der Waals surface area contributed by atoms with Crippen LogP contribution in [0.3, 0.4) is 0 Å². The number of carbonyl (C=O) groups is 2. The summed E-state index contributed by atoms with van der Waals surface area (Å²) in [7, 11) is 6.16. The molecule has 30 heavy (non-hydrogen) atoms. The molecule has 0 aliphatic rings. The Kier molecular flexibility index (Phi) is 8.34. The van der Waals surface area contributed by atoms with Gasteiger partial charge < -0.3 is 29.0 Å². The topological polar surface area (TPSA) is 92.3 Å². The highest BCUT2D eigenvalue weighted by Gasteiger charge is 2.17. The third kappa shape index (κ3) is 6.04. The molecule has 1 atom stereocenters. The van der Waals surface area contributed by atoms with Crippen LogP contribution in [-0.4, -0.2) is 46.9 Å². The second-order valence-electron chi connectivity index (χ2n) is 6.42. The minimum atomic E-state index is -0.524. The van der Waals surface area contributed by atoms with Crippen LogP contribution >= 0.6 is 0 Å². The summed E-state index contributed by atoms with van der Waals surface area (Å²) in [5, 5.41) is 2.79. The number of amides is 1. The van der Waals surface area contributed by atoms with Crippen molar-refractivity contribution in [1.82, 2.24) is 5.32 Å². The van der Waals surface area contributed by atoms with Crippen LogP contribution in [0.25, 0.3) is 0 Å². The fourth-order valence-electron chi connectivity index (χ4n) is 2.89. The lowest BCUT2D eigenvalue weighted by atomic mass is 10.1. The molecule has 0 radical (unpaired) electrons. The smallest absolute Gasteiger partial charge is 0.310 e. The number of nitrogens with one attached hydrogen (secondary N) is 1. The van der Waals surface area contributed by atoms with E-state index < -0.39 is 11.9 Å². The standard InChI is InChI=1S/C22H27NO7/c1-14(17-12-16(26-2)7-9-18(17)27-3)23-21(24)13-30-22(25)11-15-6-8-19(28-4)20(10-15)29-5/h6-10,12,14H,11,13H2,1-5H3,(H,23,24). The Labute approximate surface area is 176 Å². The van der Waals surface area contributed by atoms with Crippen molar-refractivity contribution in [3.8, 4) is 23.0 Å². The molecule has 0 aliphatic heterocycles. The van der Waals surface area contributed by atoms with Crippen molar-refractivity contribution in [2.24, 2.45) is 0 Å². The summed E-state index contributed by atoms with van der Waals surface area (Å²) in [6.45, 7) is 1.42. The molecule has 0 fully saturated rings. The van der Waals surface area contributed by atoms with E-state index in [2.05, 4.69) is 5.32 Å². The monoisotopic (exact) mass is 417 g/mol. The lowest BCUT2D eigenvalue weighted by Crippen LogP contribution is -2.31. The van der Waals surface area contributed by atoms with Gasteiger partial charge in [0.2, 0.25) is 0 Å². The van der Waals surface area contributed by atoms with Gasteiger partial charge in [-0.2, -0.15) is 0 Å². The Bertz CT molecular complexity index is 882. The number of hydrogen-bond acceptors (Lipinski definition) is 7. The highest BCUT2D eigenvalue weighted by Crippen LogP contribution is 2.29. The fourth-order valence-corrected chi connectivity index (χ4v) is 2.89. The van der Waals surface area contributed by atoms with E-state index >= 15 is 0 Å². The molecule has 0 aromatic heterocycles. The lowest BCUT2D eigenvalue weighted by Gasteiger charge is -2.18. The highest BCUT2D eigenvalue weighted by atomic mass is 16.5. The maximum absolute atomic E-state index is 12.2. The average Bonchev–Trinajstić information content (AvgIpc) is 2.76. The molecule has 2 rings (SSSR count). The van der Waals surface area contributed by atoms with Gasteiger partial charge in [-0.1, -0.05) is 6.07 Å². The van der Waals surface area contributed by atoms with E-state index in [1.807, 2.05) is 0 Å². The van der Waals surface area contributed by atoms with Crippen LogP contribution in [-0.2, 0) is 20.7 Å². The highest BCUT2D eigenvalue weighted by molar-refractivity contribution is 5.81. The molecule has 0 heterocycles. The van der Waals surface area contributed by atoms with Gasteiger partial charge in [0, 0.05) is 5.56 Å². The molecular weight excluding hydrogens is 390 g/mol. The van der Waals surface area contributed by atoms with Crippen molar-refractivity contribution in [3.63, 3.8) is 0 Å². The van der Waals surface area contributed by atoms with Gasteiger partial charge in [0.15, 0.2) is 18.1 Å². The van der Waals surface area contributed by atoms with Crippen molar-refractivity contribution in [2.75, 3.05) is 35.0 Å². The number of esters is 1. The molecule has 1 N–H and O–H groups in total. The predicted octanol–water partition coefficient (Wildman–Crippen LogP) is 2.68. The Hall–Kier alpha value is -3.42. The third-order valence-electron chi connectivity index (χ3n) is 4.44. The molecule has 8 nitrogen and oxygen atoms in total. The maximum atomic E-state index is 12.2. The van der Waals surface area contributed by atoms with Crippen molar-refractivity contribution in [1.29, 1.82) is 0 Å². The Balaban J connectivity index is 1.90. The van der Waals surface area contributed by atoms with Crippen LogP contribution in [0, 0.1) is 0 Å². The van der Waals surface area contributed by atoms with Crippen LogP contribution in [0.4, 0.5) is 0 Å². The molecule has 2 aromatic rings. The number of hydrogen-bond donors (Lipinski definition) is 1. The van der Waals surface area contributed by atoms with Crippen LogP contribution in [0.1, 0.15) is 24.1 Å². The number of benzene rings is 2. The summed E-state index contributed by atoms with van der Waals surface area (Å²) in [6.07, 6.45) is 0.00684. The number of ether oxygens (including phenoxy) is 5. The summed E-state index contributed by atoms with van der Waals surface area (Å²) in [6, 6.07) is 10.1. The van der Waals surface area contributed by atoms with Gasteiger partial charge in [-0.25, -0.2) is 0 Å². The molecule has 0 saturated carbocycles. The average molecular weight is 417 g/mol. The van der Waals surface area contributed by atoms with Crippen molar-refractivity contribution in [2.45, 2.75) is 19.4 Å². The van der Waals surface area contributed by atoms with Crippen LogP contribution < -0.4 is 24.3 Å². The Morgan fingerprint density at radius 2 is 1.53 bits per heavy atom. The van der Waals surface area contributed by atoms with E-state index in [1.54, 1.807) is 57.5 Å². The molecular formula is C22H27NO7. The zero-order valence-corrected chi connectivity index (χ0v) is 17.8. The van der Waals surface area contributed by atoms with Crippen LogP contribution in [0.2, 0.25) is 0 Å². The van der Waals surface area contributed by atoms with Gasteiger partial charge >= 0.3 is 5.97 Å². The van der Waals surface area contributed by atoms with E-state index in [0.717, 1.165) is 5.56 Å². The number of carbonyl (C=O) groups excluding carboxylic acids is 2. The fraction of sp³-hybridized carbons (Fsp3) is 0.364. The zero-order valence-electron chi connectivity index (χ0n) is 17.8. The lowest BCUT2D eigenvalue weighted by molar-refractivity contribution is -0.148. The Morgan fingerprint density at radius 1 is 0.867 bits per heavy atom. The van der Waals surface area contributed by atoms with Crippen molar-refractivity contribution >= 4 is 11.9 Å². The zero-order chi connectivity index (χ0) is 22.1. The van der Waals surface area contributed by atoms with Crippen molar-refractivity contribution < 1.29 is 33.3 Å².